The van der Waals surface area contributed by atoms with Crippen molar-refractivity contribution in [1.29, 1.82) is 0 Å². The second-order valence-electron chi connectivity index (χ2n) is 19.9. The molecule has 35 nitrogen and oxygen atoms in total. The van der Waals surface area contributed by atoms with E-state index in [1.165, 1.54) is 7.11 Å². The Hall–Kier alpha value is -1.40. The molecule has 0 aliphatic carbocycles. The molecule has 21 saturated heterocycles. The Kier molecular flexibility index (Phi) is 21.4. The van der Waals surface area contributed by atoms with Gasteiger partial charge in [0.05, 0.1) is 46.2 Å². The van der Waals surface area contributed by atoms with E-state index in [2.05, 4.69) is 0 Å². The van der Waals surface area contributed by atoms with E-state index in [4.69, 9.17) is 71.1 Å². The molecule has 15 unspecified atom stereocenters. The Morgan fingerprint density at radius 3 is 0.500 bits per heavy atom. The van der Waals surface area contributed by atoms with Crippen LogP contribution in [0.1, 0.15) is 0 Å². The summed E-state index contributed by atoms with van der Waals surface area (Å²) in [5, 5.41) is 221. The van der Waals surface area contributed by atoms with E-state index < -0.39 is 261 Å². The molecule has 21 aliphatic rings. The lowest BCUT2D eigenvalue weighted by atomic mass is 9.95. The van der Waals surface area contributed by atoms with Crippen LogP contribution in [0.5, 0.6) is 0 Å². The third kappa shape index (κ3) is 12.3. The fourth-order valence-electron chi connectivity index (χ4n) is 10.6. The van der Waals surface area contributed by atoms with Crippen LogP contribution in [-0.2, 0) is 71.1 Å². The van der Waals surface area contributed by atoms with Crippen LogP contribution in [-0.4, -0.2) is 370 Å². The second kappa shape index (κ2) is 26.7. The summed E-state index contributed by atoms with van der Waals surface area (Å²) in [5.74, 6) is 0. The van der Waals surface area contributed by atoms with Gasteiger partial charge in [-0.05, 0) is 0 Å². The SMILES string of the molecule is COCC1O[C@H]2O[C@@H]3C(CO)OC(O[C@@H]4C(CO)O[C@H](O[C@@H]5C(CO)O[C@H](O[C@@H]6C(CO)O[C@@H](O[C@@H]7C(CO)O[C@@H](O[C@@H]8C(CO)O[C@H](O[C@H]1[C@H](O)C2O)C(O)[C@H]8O)C(O)[C@H]7O)C(O)[C@H]6O)C(O)[C@H]5O)C(O)[C@H]4O)C(O)[C@H]3O. The molecular formula is C43H72O35. The van der Waals surface area contributed by atoms with Gasteiger partial charge < -0.3 is 173 Å². The molecule has 35 atom stereocenters. The first-order valence-electron chi connectivity index (χ1n) is 25.0. The van der Waals surface area contributed by atoms with Gasteiger partial charge in [-0.15, -0.1) is 0 Å². The van der Waals surface area contributed by atoms with Gasteiger partial charge in [-0.3, -0.25) is 0 Å². The minimum absolute atomic E-state index is 0.477. The van der Waals surface area contributed by atoms with Crippen LogP contribution in [0, 0.1) is 0 Å². The molecule has 21 rings (SSSR count). The first-order chi connectivity index (χ1) is 37.2. The lowest BCUT2D eigenvalue weighted by Crippen LogP contribution is -2.68. The molecule has 454 valence electrons. The summed E-state index contributed by atoms with van der Waals surface area (Å²) in [4.78, 5) is 0. The number of aliphatic hydroxyl groups is 20. The summed E-state index contributed by atoms with van der Waals surface area (Å²) in [7, 11) is 1.19. The number of rotatable bonds is 8. The van der Waals surface area contributed by atoms with Crippen LogP contribution in [0.3, 0.4) is 0 Å². The Bertz CT molecular complexity index is 1830. The number of hydrogen-bond acceptors (Lipinski definition) is 35. The predicted octanol–water partition coefficient (Wildman–Crippen LogP) is -14.6. The average molecular weight is 1150 g/mol. The van der Waals surface area contributed by atoms with Crippen molar-refractivity contribution in [3.8, 4) is 0 Å². The molecule has 0 amide bonds. The predicted molar refractivity (Wildman–Crippen MR) is 233 cm³/mol. The summed E-state index contributed by atoms with van der Waals surface area (Å²) in [6, 6.07) is 0. The maximum absolute atomic E-state index is 11.5. The van der Waals surface area contributed by atoms with Crippen molar-refractivity contribution in [2.24, 2.45) is 0 Å². The van der Waals surface area contributed by atoms with E-state index in [1.807, 2.05) is 0 Å². The lowest BCUT2D eigenvalue weighted by molar-refractivity contribution is -0.396. The van der Waals surface area contributed by atoms with Crippen LogP contribution >= 0.6 is 0 Å². The zero-order valence-corrected chi connectivity index (χ0v) is 41.2. The van der Waals surface area contributed by atoms with Gasteiger partial charge in [0, 0.05) is 7.11 Å². The van der Waals surface area contributed by atoms with E-state index >= 15 is 0 Å². The number of methoxy groups -OCH3 is 1. The maximum atomic E-state index is 11.5. The molecule has 0 aromatic rings. The quantitative estimate of drug-likeness (QED) is 0.107. The lowest BCUT2D eigenvalue weighted by Gasteiger charge is -2.50. The zero-order chi connectivity index (χ0) is 56.8. The van der Waals surface area contributed by atoms with Crippen LogP contribution in [0.2, 0.25) is 0 Å². The summed E-state index contributed by atoms with van der Waals surface area (Å²) in [6.07, 6.45) is -69.2. The summed E-state index contributed by atoms with van der Waals surface area (Å²) in [5.41, 5.74) is 0. The Morgan fingerprint density at radius 1 is 0.218 bits per heavy atom. The molecule has 20 N–H and O–H groups in total. The van der Waals surface area contributed by atoms with Gasteiger partial charge in [-0.1, -0.05) is 0 Å². The normalized spacial score (nSPS) is 54.8. The van der Waals surface area contributed by atoms with Crippen molar-refractivity contribution in [2.75, 3.05) is 53.4 Å². The summed E-state index contributed by atoms with van der Waals surface area (Å²) >= 11 is 0. The minimum Gasteiger partial charge on any atom is -0.394 e. The topological polar surface area (TPSA) is 543 Å². The smallest absolute Gasteiger partial charge is 0.187 e. The summed E-state index contributed by atoms with van der Waals surface area (Å²) < 4.78 is 85.4. The standard InChI is InChI=1S/C43H72O35/c1-64-8-15-36-22(56)29(63)43(71-15)77-35-14(7-49)69-41(27(61)20(35)54)75-33-12(5-47)67-39(25(59)18(33)52)73-31-10(3-45)65-37(23(57)16(31)50)72-30-9(2-44)66-38(24(58)17(30)51)74-32-11(4-46)68-40(26(60)19(32)53)76-34-13(6-48)70-42(78-36)28(62)21(34)55/h9-63H,2-8H2,1H3/t9?,10?,11?,12?,13?,14?,15?,16-,17-,18-,19-,20-,21-,22-,23?,24?,25?,26?,27?,28?,29?,30-,31-,32-,33-,34-,35-,36-,37-,38+,39-,40+,41?,42-,43+/m1/s1. The molecular weight excluding hydrogens is 1080 g/mol. The third-order valence-electron chi connectivity index (χ3n) is 14.9. The zero-order valence-electron chi connectivity index (χ0n) is 41.2. The molecule has 35 heteroatoms. The van der Waals surface area contributed by atoms with Gasteiger partial charge in [-0.25, -0.2) is 0 Å². The molecule has 21 aliphatic heterocycles. The molecule has 21 heterocycles. The van der Waals surface area contributed by atoms with Crippen LogP contribution in [0.25, 0.3) is 0 Å². The van der Waals surface area contributed by atoms with Crippen molar-refractivity contribution < 1.29 is 173 Å². The highest BCUT2D eigenvalue weighted by Crippen LogP contribution is 2.39. The molecule has 78 heavy (non-hydrogen) atoms. The molecule has 14 bridgehead atoms. The number of ether oxygens (including phenoxy) is 15. The highest BCUT2D eigenvalue weighted by molar-refractivity contribution is 5.01. The van der Waals surface area contributed by atoms with E-state index in [1.54, 1.807) is 0 Å². The van der Waals surface area contributed by atoms with Crippen molar-refractivity contribution in [3.63, 3.8) is 0 Å². The van der Waals surface area contributed by atoms with E-state index in [0.29, 0.717) is 0 Å². The molecule has 0 aromatic carbocycles. The highest BCUT2D eigenvalue weighted by Gasteiger charge is 2.59. The van der Waals surface area contributed by atoms with Gasteiger partial charge in [0.15, 0.2) is 44.0 Å². The monoisotopic (exact) mass is 1150 g/mol. The third-order valence-corrected chi connectivity index (χ3v) is 14.9. The van der Waals surface area contributed by atoms with Gasteiger partial charge in [0.25, 0.3) is 0 Å². The molecule has 0 radical (unpaired) electrons. The highest BCUT2D eigenvalue weighted by atomic mass is 16.8. The molecule has 0 spiro atoms. The van der Waals surface area contributed by atoms with Gasteiger partial charge in [0.1, 0.15) is 171 Å². The fourth-order valence-corrected chi connectivity index (χ4v) is 10.6. The van der Waals surface area contributed by atoms with Crippen molar-refractivity contribution in [2.45, 2.75) is 215 Å². The van der Waals surface area contributed by atoms with Crippen LogP contribution in [0.4, 0.5) is 0 Å². The van der Waals surface area contributed by atoms with E-state index in [-0.39, 0.29) is 0 Å². The van der Waals surface area contributed by atoms with Gasteiger partial charge in [-0.2, -0.15) is 0 Å². The van der Waals surface area contributed by atoms with Gasteiger partial charge in [0.2, 0.25) is 0 Å². The first-order valence-corrected chi connectivity index (χ1v) is 25.0. The minimum atomic E-state index is -2.20. The van der Waals surface area contributed by atoms with Crippen molar-refractivity contribution in [3.05, 3.63) is 0 Å². The maximum Gasteiger partial charge on any atom is 0.187 e. The largest absolute Gasteiger partial charge is 0.394 e. The first kappa shape index (κ1) is 62.6. The van der Waals surface area contributed by atoms with Crippen LogP contribution < -0.4 is 0 Å². The molecule has 21 fully saturated rings. The number of hydrogen-bond donors (Lipinski definition) is 20. The molecule has 0 aromatic heterocycles. The molecule has 0 saturated carbocycles. The van der Waals surface area contributed by atoms with Crippen molar-refractivity contribution in [1.82, 2.24) is 0 Å². The Labute approximate surface area is 441 Å². The number of aliphatic hydroxyl groups excluding tert-OH is 20. The van der Waals surface area contributed by atoms with Crippen LogP contribution in [0.15, 0.2) is 0 Å². The van der Waals surface area contributed by atoms with Crippen molar-refractivity contribution >= 4 is 0 Å². The Balaban J connectivity index is 1.08. The van der Waals surface area contributed by atoms with E-state index in [0.717, 1.165) is 0 Å². The Morgan fingerprint density at radius 2 is 0.359 bits per heavy atom. The average Bonchev–Trinajstić information content (AvgIpc) is 3.44. The fraction of sp³-hybridized carbons (Fsp3) is 1.00. The van der Waals surface area contributed by atoms with Gasteiger partial charge >= 0.3 is 0 Å². The van der Waals surface area contributed by atoms with E-state index in [9.17, 15) is 102 Å². The summed E-state index contributed by atoms with van der Waals surface area (Å²) in [6.45, 7) is -6.67. The second-order valence-corrected chi connectivity index (χ2v) is 19.9.